The SMILES string of the molecule is CC(C)(Br)C(=O)Oc1ccc([N+](=O)[O-])cc1[N+](=O)[O-]. The first kappa shape index (κ1) is 15.0. The lowest BCUT2D eigenvalue weighted by molar-refractivity contribution is -0.394. The van der Waals surface area contributed by atoms with Crippen molar-refractivity contribution < 1.29 is 19.4 Å². The smallest absolute Gasteiger partial charge is 0.327 e. The molecule has 0 radical (unpaired) electrons. The topological polar surface area (TPSA) is 113 Å². The van der Waals surface area contributed by atoms with E-state index in [0.29, 0.717) is 0 Å². The molecule has 1 aromatic rings. The van der Waals surface area contributed by atoms with Gasteiger partial charge in [0.1, 0.15) is 4.32 Å². The van der Waals surface area contributed by atoms with Crippen LogP contribution in [0.5, 0.6) is 5.75 Å². The number of ether oxygens (including phenoxy) is 1. The van der Waals surface area contributed by atoms with Gasteiger partial charge in [-0.25, -0.2) is 0 Å². The van der Waals surface area contributed by atoms with Crippen LogP contribution in [0.15, 0.2) is 18.2 Å². The molecule has 19 heavy (non-hydrogen) atoms. The Kier molecular flexibility index (Phi) is 4.20. The Bertz CT molecular complexity index is 551. The number of carbonyl (C=O) groups excluding carboxylic acids is 1. The van der Waals surface area contributed by atoms with E-state index >= 15 is 0 Å². The molecule has 0 aromatic heterocycles. The summed E-state index contributed by atoms with van der Waals surface area (Å²) >= 11 is 3.05. The zero-order chi connectivity index (χ0) is 14.8. The summed E-state index contributed by atoms with van der Waals surface area (Å²) in [4.78, 5) is 31.3. The Labute approximate surface area is 115 Å². The number of nitrogens with zero attached hydrogens (tertiary/aromatic N) is 2. The molecule has 102 valence electrons. The third-order valence-electron chi connectivity index (χ3n) is 2.04. The summed E-state index contributed by atoms with van der Waals surface area (Å²) in [6, 6.07) is 2.79. The number of halogens is 1. The van der Waals surface area contributed by atoms with Crippen molar-refractivity contribution in [1.29, 1.82) is 0 Å². The highest BCUT2D eigenvalue weighted by molar-refractivity contribution is 9.10. The van der Waals surface area contributed by atoms with E-state index in [1.165, 1.54) is 13.8 Å². The number of hydrogen-bond donors (Lipinski definition) is 0. The van der Waals surface area contributed by atoms with Crippen LogP contribution in [0.25, 0.3) is 0 Å². The van der Waals surface area contributed by atoms with Gasteiger partial charge in [0.25, 0.3) is 5.69 Å². The number of hydrogen-bond acceptors (Lipinski definition) is 6. The molecule has 0 heterocycles. The predicted octanol–water partition coefficient (Wildman–Crippen LogP) is 2.58. The quantitative estimate of drug-likeness (QED) is 0.275. The predicted molar refractivity (Wildman–Crippen MR) is 68.4 cm³/mol. The Morgan fingerprint density at radius 3 is 2.26 bits per heavy atom. The molecular formula is C10H9BrN2O6. The first-order chi connectivity index (χ1) is 8.62. The second-order valence-electron chi connectivity index (χ2n) is 4.03. The minimum absolute atomic E-state index is 0.340. The first-order valence-corrected chi connectivity index (χ1v) is 5.76. The minimum atomic E-state index is -1.03. The van der Waals surface area contributed by atoms with Crippen molar-refractivity contribution in [1.82, 2.24) is 0 Å². The van der Waals surface area contributed by atoms with Crippen LogP contribution in [-0.2, 0) is 4.79 Å². The second kappa shape index (κ2) is 5.31. The van der Waals surface area contributed by atoms with Crippen LogP contribution in [0.1, 0.15) is 13.8 Å². The lowest BCUT2D eigenvalue weighted by Crippen LogP contribution is -2.29. The van der Waals surface area contributed by atoms with Crippen molar-refractivity contribution in [2.75, 3.05) is 0 Å². The van der Waals surface area contributed by atoms with Crippen molar-refractivity contribution in [2.45, 2.75) is 18.2 Å². The van der Waals surface area contributed by atoms with Crippen molar-refractivity contribution >= 4 is 33.3 Å². The summed E-state index contributed by atoms with van der Waals surface area (Å²) in [6.07, 6.45) is 0. The molecule has 0 amide bonds. The number of alkyl halides is 1. The number of nitro groups is 2. The molecular weight excluding hydrogens is 324 g/mol. The maximum Gasteiger partial charge on any atom is 0.327 e. The van der Waals surface area contributed by atoms with Gasteiger partial charge in [-0.3, -0.25) is 25.0 Å². The normalized spacial score (nSPS) is 10.9. The van der Waals surface area contributed by atoms with Gasteiger partial charge in [-0.05, 0) is 19.9 Å². The van der Waals surface area contributed by atoms with Crippen LogP contribution in [0.2, 0.25) is 0 Å². The summed E-state index contributed by atoms with van der Waals surface area (Å²) in [5.41, 5.74) is -1.09. The molecule has 0 saturated carbocycles. The monoisotopic (exact) mass is 332 g/mol. The van der Waals surface area contributed by atoms with E-state index in [0.717, 1.165) is 18.2 Å². The average molecular weight is 333 g/mol. The number of rotatable bonds is 4. The van der Waals surface area contributed by atoms with Gasteiger partial charge in [0.2, 0.25) is 5.75 Å². The molecule has 8 nitrogen and oxygen atoms in total. The van der Waals surface area contributed by atoms with E-state index < -0.39 is 31.5 Å². The van der Waals surface area contributed by atoms with Crippen LogP contribution in [0.4, 0.5) is 11.4 Å². The minimum Gasteiger partial charge on any atom is -0.418 e. The highest BCUT2D eigenvalue weighted by atomic mass is 79.9. The van der Waals surface area contributed by atoms with Gasteiger partial charge < -0.3 is 4.74 Å². The lowest BCUT2D eigenvalue weighted by atomic mass is 10.2. The summed E-state index contributed by atoms with van der Waals surface area (Å²) < 4.78 is 3.83. The zero-order valence-corrected chi connectivity index (χ0v) is 11.5. The maximum absolute atomic E-state index is 11.6. The van der Waals surface area contributed by atoms with E-state index in [2.05, 4.69) is 15.9 Å². The molecule has 9 heteroatoms. The molecule has 0 bridgehead atoms. The highest BCUT2D eigenvalue weighted by Crippen LogP contribution is 2.32. The second-order valence-corrected chi connectivity index (χ2v) is 6.01. The fraction of sp³-hybridized carbons (Fsp3) is 0.300. The molecule has 0 N–H and O–H groups in total. The third kappa shape index (κ3) is 3.71. The van der Waals surface area contributed by atoms with Crippen LogP contribution in [0.3, 0.4) is 0 Å². The van der Waals surface area contributed by atoms with Crippen molar-refractivity contribution in [3.8, 4) is 5.75 Å². The number of carbonyl (C=O) groups is 1. The highest BCUT2D eigenvalue weighted by Gasteiger charge is 2.29. The molecule has 1 rings (SSSR count). The maximum atomic E-state index is 11.6. The fourth-order valence-electron chi connectivity index (χ4n) is 1.07. The lowest BCUT2D eigenvalue weighted by Gasteiger charge is -2.14. The molecule has 0 aliphatic rings. The summed E-state index contributed by atoms with van der Waals surface area (Å²) in [6.45, 7) is 3.01. The molecule has 0 aliphatic carbocycles. The fourth-order valence-corrected chi connectivity index (χ4v) is 1.15. The van der Waals surface area contributed by atoms with Crippen molar-refractivity contribution in [2.24, 2.45) is 0 Å². The van der Waals surface area contributed by atoms with E-state index in [4.69, 9.17) is 4.74 Å². The van der Waals surface area contributed by atoms with Crippen LogP contribution < -0.4 is 4.74 Å². The molecule has 0 aliphatic heterocycles. The Morgan fingerprint density at radius 2 is 1.84 bits per heavy atom. The Balaban J connectivity index is 3.18. The number of esters is 1. The standard InChI is InChI=1S/C10H9BrN2O6/c1-10(2,11)9(14)19-8-4-3-6(12(15)16)5-7(8)13(17)18/h3-5H,1-2H3. The van der Waals surface area contributed by atoms with E-state index in [-0.39, 0.29) is 5.75 Å². The summed E-state index contributed by atoms with van der Waals surface area (Å²) in [7, 11) is 0. The number of non-ortho nitro benzene ring substituents is 1. The molecule has 0 fully saturated rings. The molecule has 0 saturated heterocycles. The van der Waals surface area contributed by atoms with Crippen molar-refractivity contribution in [3.63, 3.8) is 0 Å². The van der Waals surface area contributed by atoms with Gasteiger partial charge in [-0.1, -0.05) is 15.9 Å². The van der Waals surface area contributed by atoms with Gasteiger partial charge in [-0.15, -0.1) is 0 Å². The van der Waals surface area contributed by atoms with Crippen molar-refractivity contribution in [3.05, 3.63) is 38.4 Å². The van der Waals surface area contributed by atoms with Crippen LogP contribution >= 0.6 is 15.9 Å². The summed E-state index contributed by atoms with van der Waals surface area (Å²) in [5.74, 6) is -1.09. The Morgan fingerprint density at radius 1 is 1.26 bits per heavy atom. The van der Waals surface area contributed by atoms with Gasteiger partial charge >= 0.3 is 11.7 Å². The van der Waals surface area contributed by atoms with Gasteiger partial charge in [0.15, 0.2) is 0 Å². The van der Waals surface area contributed by atoms with Gasteiger partial charge in [0.05, 0.1) is 15.9 Å². The Hall–Kier alpha value is -2.03. The zero-order valence-electron chi connectivity index (χ0n) is 9.95. The first-order valence-electron chi connectivity index (χ1n) is 4.97. The molecule has 0 spiro atoms. The average Bonchev–Trinajstić information content (AvgIpc) is 2.27. The van der Waals surface area contributed by atoms with E-state index in [1.54, 1.807) is 0 Å². The summed E-state index contributed by atoms with van der Waals surface area (Å²) in [5, 5.41) is 21.3. The largest absolute Gasteiger partial charge is 0.418 e. The molecule has 1 aromatic carbocycles. The van der Waals surface area contributed by atoms with Gasteiger partial charge in [-0.2, -0.15) is 0 Å². The number of nitro benzene ring substituents is 2. The third-order valence-corrected chi connectivity index (χ3v) is 2.36. The molecule has 0 unspecified atom stereocenters. The number of benzene rings is 1. The van der Waals surface area contributed by atoms with E-state index in [9.17, 15) is 25.0 Å². The van der Waals surface area contributed by atoms with Crippen LogP contribution in [0, 0.1) is 20.2 Å². The van der Waals surface area contributed by atoms with E-state index in [1.807, 2.05) is 0 Å². The van der Waals surface area contributed by atoms with Gasteiger partial charge in [0, 0.05) is 6.07 Å². The molecule has 0 atom stereocenters. The van der Waals surface area contributed by atoms with Crippen LogP contribution in [-0.4, -0.2) is 20.1 Å².